The Morgan fingerprint density at radius 1 is 1.53 bits per heavy atom. The second-order valence-electron chi connectivity index (χ2n) is 3.34. The van der Waals surface area contributed by atoms with Gasteiger partial charge < -0.3 is 15.5 Å². The van der Waals surface area contributed by atoms with Crippen LogP contribution in [0.2, 0.25) is 0 Å². The third kappa shape index (κ3) is 1.66. The van der Waals surface area contributed by atoms with Crippen LogP contribution in [0.15, 0.2) is 24.4 Å². The van der Waals surface area contributed by atoms with E-state index in [9.17, 15) is 4.79 Å². The predicted molar refractivity (Wildman–Crippen MR) is 58.4 cm³/mol. The molecule has 1 heterocycles. The number of aromatic amines is 1. The van der Waals surface area contributed by atoms with Crippen LogP contribution < -0.4 is 5.73 Å². The lowest BCUT2D eigenvalue weighted by atomic mass is 10.1. The number of nitrogen functional groups attached to an aromatic ring is 1. The van der Waals surface area contributed by atoms with E-state index in [1.165, 1.54) is 7.11 Å². The number of carbonyl (C=O) groups excluding carboxylic acids is 1. The van der Waals surface area contributed by atoms with Gasteiger partial charge in [-0.3, -0.25) is 4.79 Å². The van der Waals surface area contributed by atoms with E-state index in [0.717, 1.165) is 16.5 Å². The maximum atomic E-state index is 11.2. The SMILES string of the molecule is COC(=O)Cc1c[nH]c2cccc(N)c12. The zero-order valence-electron chi connectivity index (χ0n) is 8.41. The van der Waals surface area contributed by atoms with Crippen molar-refractivity contribution in [2.75, 3.05) is 12.8 Å². The number of aromatic nitrogens is 1. The molecule has 0 unspecified atom stereocenters. The van der Waals surface area contributed by atoms with Crippen molar-refractivity contribution in [3.05, 3.63) is 30.0 Å². The smallest absolute Gasteiger partial charge is 0.310 e. The first-order valence-corrected chi connectivity index (χ1v) is 4.63. The van der Waals surface area contributed by atoms with E-state index in [2.05, 4.69) is 9.72 Å². The minimum atomic E-state index is -0.265. The number of anilines is 1. The molecule has 1 aromatic carbocycles. The van der Waals surface area contributed by atoms with Gasteiger partial charge in [0, 0.05) is 22.8 Å². The Balaban J connectivity index is 2.48. The van der Waals surface area contributed by atoms with Gasteiger partial charge in [0.1, 0.15) is 0 Å². The van der Waals surface area contributed by atoms with Gasteiger partial charge in [-0.05, 0) is 17.7 Å². The van der Waals surface area contributed by atoms with Gasteiger partial charge >= 0.3 is 5.97 Å². The summed E-state index contributed by atoms with van der Waals surface area (Å²) in [5, 5.41) is 0.905. The largest absolute Gasteiger partial charge is 0.469 e. The Hall–Kier alpha value is -1.97. The van der Waals surface area contributed by atoms with Crippen LogP contribution in [0.5, 0.6) is 0 Å². The summed E-state index contributed by atoms with van der Waals surface area (Å²) < 4.78 is 4.62. The predicted octanol–water partition coefficient (Wildman–Crippen LogP) is 1.47. The first kappa shape index (κ1) is 9.58. The van der Waals surface area contributed by atoms with Crippen molar-refractivity contribution in [3.63, 3.8) is 0 Å². The van der Waals surface area contributed by atoms with E-state index in [1.807, 2.05) is 18.2 Å². The number of methoxy groups -OCH3 is 1. The summed E-state index contributed by atoms with van der Waals surface area (Å²) in [6.07, 6.45) is 2.03. The standard InChI is InChI=1S/C11H12N2O2/c1-15-10(14)5-7-6-13-9-4-2-3-8(12)11(7)9/h2-4,6,13H,5,12H2,1H3. The third-order valence-electron chi connectivity index (χ3n) is 2.38. The summed E-state index contributed by atoms with van der Waals surface area (Å²) in [6.45, 7) is 0. The monoisotopic (exact) mass is 204 g/mol. The van der Waals surface area contributed by atoms with Gasteiger partial charge in [0.25, 0.3) is 0 Å². The molecule has 1 aromatic heterocycles. The summed E-state index contributed by atoms with van der Waals surface area (Å²) >= 11 is 0. The molecule has 0 saturated carbocycles. The minimum Gasteiger partial charge on any atom is -0.469 e. The molecule has 78 valence electrons. The number of rotatable bonds is 2. The molecule has 2 rings (SSSR count). The number of H-pyrrole nitrogens is 1. The molecule has 0 aliphatic heterocycles. The number of nitrogens with two attached hydrogens (primary N) is 1. The molecule has 4 nitrogen and oxygen atoms in total. The molecule has 0 fully saturated rings. The summed E-state index contributed by atoms with van der Waals surface area (Å²) in [6, 6.07) is 5.61. The fourth-order valence-electron chi connectivity index (χ4n) is 1.65. The normalized spacial score (nSPS) is 10.5. The third-order valence-corrected chi connectivity index (χ3v) is 2.38. The van der Waals surface area contributed by atoms with E-state index in [1.54, 1.807) is 6.20 Å². The molecular formula is C11H12N2O2. The van der Waals surface area contributed by atoms with Crippen molar-refractivity contribution in [2.45, 2.75) is 6.42 Å². The summed E-state index contributed by atoms with van der Waals surface area (Å²) in [7, 11) is 1.38. The highest BCUT2D eigenvalue weighted by molar-refractivity contribution is 5.95. The van der Waals surface area contributed by atoms with Crippen LogP contribution in [-0.4, -0.2) is 18.1 Å². The maximum absolute atomic E-state index is 11.2. The average Bonchev–Trinajstić information content (AvgIpc) is 2.63. The molecule has 0 amide bonds. The van der Waals surface area contributed by atoms with Gasteiger partial charge in [-0.2, -0.15) is 0 Å². The van der Waals surface area contributed by atoms with E-state index in [-0.39, 0.29) is 12.4 Å². The van der Waals surface area contributed by atoms with E-state index in [4.69, 9.17) is 5.73 Å². The summed E-state index contributed by atoms with van der Waals surface area (Å²) in [5.41, 5.74) is 8.33. The van der Waals surface area contributed by atoms with E-state index in [0.29, 0.717) is 5.69 Å². The summed E-state index contributed by atoms with van der Waals surface area (Å²) in [5.74, 6) is -0.265. The van der Waals surface area contributed by atoms with Gasteiger partial charge in [-0.15, -0.1) is 0 Å². The fourth-order valence-corrected chi connectivity index (χ4v) is 1.65. The highest BCUT2D eigenvalue weighted by atomic mass is 16.5. The van der Waals surface area contributed by atoms with Crippen molar-refractivity contribution >= 4 is 22.6 Å². The number of fused-ring (bicyclic) bond motifs is 1. The highest BCUT2D eigenvalue weighted by Gasteiger charge is 2.10. The fraction of sp³-hybridized carbons (Fsp3) is 0.182. The quantitative estimate of drug-likeness (QED) is 0.575. The molecule has 4 heteroatoms. The number of ether oxygens (including phenoxy) is 1. The number of nitrogens with one attached hydrogen (secondary N) is 1. The van der Waals surface area contributed by atoms with E-state index < -0.39 is 0 Å². The number of benzene rings is 1. The first-order valence-electron chi connectivity index (χ1n) is 4.63. The zero-order valence-corrected chi connectivity index (χ0v) is 8.41. The molecule has 0 atom stereocenters. The second-order valence-corrected chi connectivity index (χ2v) is 3.34. The highest BCUT2D eigenvalue weighted by Crippen LogP contribution is 2.24. The lowest BCUT2D eigenvalue weighted by Crippen LogP contribution is -2.04. The van der Waals surface area contributed by atoms with Gasteiger partial charge in [0.05, 0.1) is 13.5 Å². The van der Waals surface area contributed by atoms with Crippen LogP contribution in [0.25, 0.3) is 10.9 Å². The molecule has 0 aliphatic rings. The second kappa shape index (κ2) is 3.65. The van der Waals surface area contributed by atoms with Crippen molar-refractivity contribution in [3.8, 4) is 0 Å². The van der Waals surface area contributed by atoms with Crippen LogP contribution >= 0.6 is 0 Å². The Morgan fingerprint density at radius 2 is 2.33 bits per heavy atom. The van der Waals surface area contributed by atoms with Crippen LogP contribution in [0.4, 0.5) is 5.69 Å². The molecule has 3 N–H and O–H groups in total. The van der Waals surface area contributed by atoms with E-state index >= 15 is 0 Å². The molecule has 15 heavy (non-hydrogen) atoms. The van der Waals surface area contributed by atoms with Gasteiger partial charge in [-0.25, -0.2) is 0 Å². The average molecular weight is 204 g/mol. The van der Waals surface area contributed by atoms with Crippen LogP contribution in [0.1, 0.15) is 5.56 Å². The molecule has 0 bridgehead atoms. The topological polar surface area (TPSA) is 68.1 Å². The Kier molecular flexibility index (Phi) is 2.33. The van der Waals surface area contributed by atoms with Crippen LogP contribution in [0, 0.1) is 0 Å². The minimum absolute atomic E-state index is 0.241. The van der Waals surface area contributed by atoms with Gasteiger partial charge in [0.2, 0.25) is 0 Å². The number of hydrogen-bond acceptors (Lipinski definition) is 3. The van der Waals surface area contributed by atoms with Crippen LogP contribution in [0.3, 0.4) is 0 Å². The van der Waals surface area contributed by atoms with Crippen molar-refractivity contribution < 1.29 is 9.53 Å². The number of esters is 1. The molecule has 0 spiro atoms. The lowest BCUT2D eigenvalue weighted by Gasteiger charge is -2.00. The maximum Gasteiger partial charge on any atom is 0.310 e. The lowest BCUT2D eigenvalue weighted by molar-refractivity contribution is -0.139. The van der Waals surface area contributed by atoms with Gasteiger partial charge in [-0.1, -0.05) is 6.07 Å². The zero-order chi connectivity index (χ0) is 10.8. The Bertz CT molecular complexity index is 502. The molecular weight excluding hydrogens is 192 g/mol. The molecule has 2 aromatic rings. The Morgan fingerprint density at radius 3 is 3.07 bits per heavy atom. The van der Waals surface area contributed by atoms with Crippen molar-refractivity contribution in [1.82, 2.24) is 4.98 Å². The molecule has 0 aliphatic carbocycles. The number of hydrogen-bond donors (Lipinski definition) is 2. The molecule has 0 saturated heterocycles. The number of carbonyl (C=O) groups is 1. The first-order chi connectivity index (χ1) is 7.22. The summed E-state index contributed by atoms with van der Waals surface area (Å²) in [4.78, 5) is 14.2. The van der Waals surface area contributed by atoms with Crippen molar-refractivity contribution in [2.24, 2.45) is 0 Å². The molecule has 0 radical (unpaired) electrons. The van der Waals surface area contributed by atoms with Crippen LogP contribution in [-0.2, 0) is 16.0 Å². The Labute approximate surface area is 87.0 Å². The van der Waals surface area contributed by atoms with Gasteiger partial charge in [0.15, 0.2) is 0 Å². The van der Waals surface area contributed by atoms with Crippen molar-refractivity contribution in [1.29, 1.82) is 0 Å².